The maximum Gasteiger partial charge on any atom is 0.308 e. The molecule has 0 N–H and O–H groups in total. The molecule has 0 radical (unpaired) electrons. The average molecular weight is 507 g/mol. The molecule has 3 fully saturated rings. The van der Waals surface area contributed by atoms with Crippen molar-refractivity contribution in [2.45, 2.75) is 142 Å². The predicted octanol–water partition coefficient (Wildman–Crippen LogP) is 5.97. The summed E-state index contributed by atoms with van der Waals surface area (Å²) >= 11 is 0. The molecule has 0 unspecified atom stereocenters. The van der Waals surface area contributed by atoms with Gasteiger partial charge in [-0.05, 0) is 120 Å². The Kier molecular flexibility index (Phi) is 9.24. The third kappa shape index (κ3) is 7.03. The van der Waals surface area contributed by atoms with E-state index in [1.807, 2.05) is 0 Å². The summed E-state index contributed by atoms with van der Waals surface area (Å²) in [5.41, 5.74) is 0.524. The summed E-state index contributed by atoms with van der Waals surface area (Å²) in [7, 11) is 0. The van der Waals surface area contributed by atoms with Crippen molar-refractivity contribution in [1.82, 2.24) is 9.80 Å². The molecule has 0 aromatic rings. The molecule has 0 spiro atoms. The fourth-order valence-electron chi connectivity index (χ4n) is 7.57. The van der Waals surface area contributed by atoms with Crippen LogP contribution in [0.3, 0.4) is 0 Å². The minimum atomic E-state index is -0.0935. The number of hydrogen-bond acceptors (Lipinski definition) is 6. The molecule has 0 aromatic heterocycles. The predicted molar refractivity (Wildman–Crippen MR) is 145 cm³/mol. The minimum Gasteiger partial charge on any atom is -0.464 e. The van der Waals surface area contributed by atoms with Crippen LogP contribution in [0, 0.1) is 11.8 Å². The van der Waals surface area contributed by atoms with Gasteiger partial charge in [0.15, 0.2) is 0 Å². The zero-order chi connectivity index (χ0) is 26.8. The van der Waals surface area contributed by atoms with Gasteiger partial charge in [0, 0.05) is 35.2 Å². The lowest BCUT2D eigenvalue weighted by atomic mass is 9.80. The summed E-state index contributed by atoms with van der Waals surface area (Å²) in [5.74, 6) is -0.370. The van der Waals surface area contributed by atoms with Crippen molar-refractivity contribution in [2.75, 3.05) is 26.3 Å². The Bertz CT molecular complexity index is 669. The van der Waals surface area contributed by atoms with Crippen molar-refractivity contribution >= 4 is 11.9 Å². The van der Waals surface area contributed by atoms with Crippen molar-refractivity contribution in [3.8, 4) is 0 Å². The second-order valence-corrected chi connectivity index (χ2v) is 14.1. The van der Waals surface area contributed by atoms with Gasteiger partial charge >= 0.3 is 11.9 Å². The molecule has 36 heavy (non-hydrogen) atoms. The molecule has 3 aliphatic rings. The second kappa shape index (κ2) is 11.3. The van der Waals surface area contributed by atoms with E-state index < -0.39 is 0 Å². The molecule has 0 atom stereocenters. The van der Waals surface area contributed by atoms with Gasteiger partial charge in [-0.2, -0.15) is 0 Å². The summed E-state index contributed by atoms with van der Waals surface area (Å²) in [6, 6.07) is 0. The Balaban J connectivity index is 1.37. The van der Waals surface area contributed by atoms with E-state index >= 15 is 0 Å². The smallest absolute Gasteiger partial charge is 0.308 e. The summed E-state index contributed by atoms with van der Waals surface area (Å²) in [4.78, 5) is 30.5. The molecule has 1 saturated carbocycles. The molecule has 0 bridgehead atoms. The molecule has 2 saturated heterocycles. The Morgan fingerprint density at radius 1 is 0.583 bits per heavy atom. The number of nitrogens with zero attached hydrogens (tertiary/aromatic N) is 2. The molecule has 0 amide bonds. The van der Waals surface area contributed by atoms with E-state index in [9.17, 15) is 9.59 Å². The largest absolute Gasteiger partial charge is 0.464 e. The number of hydrogen-bond donors (Lipinski definition) is 0. The van der Waals surface area contributed by atoms with E-state index in [0.717, 1.165) is 13.1 Å². The standard InChI is InChI=1S/C30H54N2O4/c1-27(2)15-9-16-28(3,4)31(27)19-21-35-25(33)23-11-13-24(14-12-23)26(34)36-22-20-32-29(5,6)17-10-18-30(32,7)8/h23-24H,9-22H2,1-8H3. The van der Waals surface area contributed by atoms with Gasteiger partial charge in [0.2, 0.25) is 0 Å². The van der Waals surface area contributed by atoms with Crippen LogP contribution in [0.1, 0.15) is 120 Å². The van der Waals surface area contributed by atoms with Gasteiger partial charge in [-0.3, -0.25) is 19.4 Å². The monoisotopic (exact) mass is 506 g/mol. The lowest BCUT2D eigenvalue weighted by Gasteiger charge is -2.53. The van der Waals surface area contributed by atoms with Gasteiger partial charge in [0.05, 0.1) is 11.8 Å². The van der Waals surface area contributed by atoms with Gasteiger partial charge < -0.3 is 9.47 Å². The van der Waals surface area contributed by atoms with Crippen LogP contribution >= 0.6 is 0 Å². The van der Waals surface area contributed by atoms with Gasteiger partial charge in [-0.15, -0.1) is 0 Å². The van der Waals surface area contributed by atoms with Crippen LogP contribution in [0.5, 0.6) is 0 Å². The van der Waals surface area contributed by atoms with Crippen molar-refractivity contribution in [1.29, 1.82) is 0 Å². The summed E-state index contributed by atoms with van der Waals surface area (Å²) < 4.78 is 11.5. The highest BCUT2D eigenvalue weighted by atomic mass is 16.5. The zero-order valence-corrected chi connectivity index (χ0v) is 24.6. The Morgan fingerprint density at radius 3 is 1.14 bits per heavy atom. The van der Waals surface area contributed by atoms with Crippen molar-refractivity contribution in [3.05, 3.63) is 0 Å². The molecule has 6 heteroatoms. The van der Waals surface area contributed by atoms with Gasteiger partial charge in [0.25, 0.3) is 0 Å². The number of likely N-dealkylation sites (tertiary alicyclic amines) is 2. The minimum absolute atomic E-state index is 0.0913. The fourth-order valence-corrected chi connectivity index (χ4v) is 7.57. The summed E-state index contributed by atoms with van der Waals surface area (Å²) in [6.45, 7) is 20.8. The van der Waals surface area contributed by atoms with Crippen LogP contribution in [0.25, 0.3) is 0 Å². The highest BCUT2D eigenvalue weighted by molar-refractivity contribution is 5.75. The topological polar surface area (TPSA) is 59.1 Å². The van der Waals surface area contributed by atoms with Crippen LogP contribution in [-0.2, 0) is 19.1 Å². The number of ether oxygens (including phenoxy) is 2. The lowest BCUT2D eigenvalue weighted by molar-refractivity contribution is -0.157. The molecule has 1 aliphatic carbocycles. The molecule has 208 valence electrons. The maximum absolute atomic E-state index is 12.7. The zero-order valence-electron chi connectivity index (χ0n) is 24.6. The molecular formula is C30H54N2O4. The third-order valence-electron chi connectivity index (χ3n) is 9.59. The van der Waals surface area contributed by atoms with E-state index in [2.05, 4.69) is 65.2 Å². The molecule has 0 aromatic carbocycles. The van der Waals surface area contributed by atoms with Gasteiger partial charge in [-0.25, -0.2) is 0 Å². The van der Waals surface area contributed by atoms with Crippen LogP contribution in [0.15, 0.2) is 0 Å². The van der Waals surface area contributed by atoms with Crippen LogP contribution in [0.2, 0.25) is 0 Å². The van der Waals surface area contributed by atoms with Crippen LogP contribution in [0.4, 0.5) is 0 Å². The molecule has 2 heterocycles. The number of rotatable bonds is 8. The van der Waals surface area contributed by atoms with E-state index in [-0.39, 0.29) is 45.9 Å². The number of carbonyl (C=O) groups is 2. The van der Waals surface area contributed by atoms with E-state index in [1.165, 1.54) is 38.5 Å². The quantitative estimate of drug-likeness (QED) is 0.378. The Morgan fingerprint density at radius 2 is 0.861 bits per heavy atom. The molecular weight excluding hydrogens is 452 g/mol. The van der Waals surface area contributed by atoms with Crippen molar-refractivity contribution < 1.29 is 19.1 Å². The highest BCUT2D eigenvalue weighted by Crippen LogP contribution is 2.39. The van der Waals surface area contributed by atoms with Crippen molar-refractivity contribution in [3.63, 3.8) is 0 Å². The number of piperidine rings is 2. The maximum atomic E-state index is 12.7. The Labute approximate surface area is 220 Å². The second-order valence-electron chi connectivity index (χ2n) is 14.1. The SMILES string of the molecule is CC1(C)CCCC(C)(C)N1CCOC(=O)C1CCC(C(=O)OCCN2C(C)(C)CCCC2(C)C)CC1. The third-order valence-corrected chi connectivity index (χ3v) is 9.59. The summed E-state index contributed by atoms with van der Waals surface area (Å²) in [5, 5.41) is 0. The first-order valence-corrected chi connectivity index (χ1v) is 14.5. The average Bonchev–Trinajstić information content (AvgIpc) is 2.76. The van der Waals surface area contributed by atoms with Crippen LogP contribution in [-0.4, -0.2) is 70.2 Å². The first kappa shape index (κ1) is 29.4. The first-order chi connectivity index (χ1) is 16.7. The number of esters is 2. The van der Waals surface area contributed by atoms with Gasteiger partial charge in [-0.1, -0.05) is 0 Å². The van der Waals surface area contributed by atoms with E-state index in [4.69, 9.17) is 9.47 Å². The molecule has 6 nitrogen and oxygen atoms in total. The number of carbonyl (C=O) groups excluding carboxylic acids is 2. The van der Waals surface area contributed by atoms with E-state index in [0.29, 0.717) is 38.9 Å². The van der Waals surface area contributed by atoms with E-state index in [1.54, 1.807) is 0 Å². The lowest BCUT2D eigenvalue weighted by Crippen LogP contribution is -2.59. The highest BCUT2D eigenvalue weighted by Gasteiger charge is 2.42. The normalized spacial score (nSPS) is 29.9. The molecule has 2 aliphatic heterocycles. The first-order valence-electron chi connectivity index (χ1n) is 14.5. The Hall–Kier alpha value is -1.14. The fraction of sp³-hybridized carbons (Fsp3) is 0.933. The van der Waals surface area contributed by atoms with Crippen molar-refractivity contribution in [2.24, 2.45) is 11.8 Å². The van der Waals surface area contributed by atoms with Gasteiger partial charge in [0.1, 0.15) is 13.2 Å². The summed E-state index contributed by atoms with van der Waals surface area (Å²) in [6.07, 6.45) is 10.1. The van der Waals surface area contributed by atoms with Crippen LogP contribution < -0.4 is 0 Å². The molecule has 3 rings (SSSR count).